The van der Waals surface area contributed by atoms with E-state index < -0.39 is 12.7 Å². The maximum atomic E-state index is 12.5. The van der Waals surface area contributed by atoms with Crippen molar-refractivity contribution in [2.24, 2.45) is 0 Å². The number of aromatic nitrogens is 1. The number of fused-ring (bicyclic) bond motifs is 1. The third-order valence-corrected chi connectivity index (χ3v) is 4.16. The number of nitrogens with one attached hydrogen (secondary N) is 1. The van der Waals surface area contributed by atoms with E-state index in [1.807, 2.05) is 6.07 Å². The predicted octanol–water partition coefficient (Wildman–Crippen LogP) is 4.51. The Hall–Kier alpha value is -2.95. The summed E-state index contributed by atoms with van der Waals surface area (Å²) in [5, 5.41) is 23.7. The molecule has 0 aliphatic carbocycles. The van der Waals surface area contributed by atoms with Crippen molar-refractivity contribution in [2.75, 3.05) is 11.9 Å². The molecule has 1 heterocycles. The van der Waals surface area contributed by atoms with Gasteiger partial charge in [-0.1, -0.05) is 23.7 Å². The Labute approximate surface area is 158 Å². The van der Waals surface area contributed by atoms with Gasteiger partial charge in [0, 0.05) is 23.2 Å². The largest absolute Gasteiger partial charge is 0.435 e. The predicted molar refractivity (Wildman–Crippen MR) is 98.0 cm³/mol. The molecular weight excluding hydrogens is 376 g/mol. The first-order valence-corrected chi connectivity index (χ1v) is 8.31. The van der Waals surface area contributed by atoms with Crippen LogP contribution in [0.5, 0.6) is 5.75 Å². The van der Waals surface area contributed by atoms with Crippen LogP contribution in [-0.2, 0) is 0 Å². The standard InChI is InChI=1S/C19H14ClF2N3O2/c20-13-3-1-11(2-4-13)17(26)10-25-18-12(8-23)9-24-16-6-5-14(7-15(16)18)27-19(21)22/h1-7,9,17,19,26H,10H2,(H,24,25). The average Bonchev–Trinajstić information content (AvgIpc) is 2.65. The number of hydrogen-bond donors (Lipinski definition) is 2. The molecule has 0 saturated carbocycles. The van der Waals surface area contributed by atoms with E-state index in [1.165, 1.54) is 24.4 Å². The molecule has 2 aromatic carbocycles. The molecule has 5 nitrogen and oxygen atoms in total. The van der Waals surface area contributed by atoms with Gasteiger partial charge in [0.1, 0.15) is 11.8 Å². The van der Waals surface area contributed by atoms with Crippen LogP contribution < -0.4 is 10.1 Å². The number of ether oxygens (including phenoxy) is 1. The van der Waals surface area contributed by atoms with E-state index in [-0.39, 0.29) is 17.9 Å². The minimum absolute atomic E-state index is 0.0457. The van der Waals surface area contributed by atoms with Crippen LogP contribution in [0.3, 0.4) is 0 Å². The van der Waals surface area contributed by atoms with Gasteiger partial charge in [0.15, 0.2) is 0 Å². The highest BCUT2D eigenvalue weighted by Crippen LogP contribution is 2.30. The zero-order chi connectivity index (χ0) is 19.4. The molecule has 138 valence electrons. The smallest absolute Gasteiger partial charge is 0.387 e. The summed E-state index contributed by atoms with van der Waals surface area (Å²) >= 11 is 5.84. The molecule has 0 radical (unpaired) electrons. The molecule has 0 saturated heterocycles. The number of aliphatic hydroxyl groups excluding tert-OH is 1. The second-order valence-electron chi connectivity index (χ2n) is 5.66. The SMILES string of the molecule is N#Cc1cnc2ccc(OC(F)F)cc2c1NCC(O)c1ccc(Cl)cc1. The number of aliphatic hydroxyl groups is 1. The van der Waals surface area contributed by atoms with Gasteiger partial charge in [-0.05, 0) is 35.9 Å². The fraction of sp³-hybridized carbons (Fsp3) is 0.158. The Morgan fingerprint density at radius 1 is 1.22 bits per heavy atom. The normalized spacial score (nSPS) is 12.0. The van der Waals surface area contributed by atoms with Crippen molar-refractivity contribution in [3.8, 4) is 11.8 Å². The molecule has 2 N–H and O–H groups in total. The summed E-state index contributed by atoms with van der Waals surface area (Å²) in [4.78, 5) is 4.15. The van der Waals surface area contributed by atoms with E-state index in [1.54, 1.807) is 24.3 Å². The van der Waals surface area contributed by atoms with E-state index in [9.17, 15) is 19.1 Å². The molecule has 0 aliphatic rings. The van der Waals surface area contributed by atoms with Crippen molar-refractivity contribution in [3.05, 3.63) is 64.8 Å². The summed E-state index contributed by atoms with van der Waals surface area (Å²) in [5.74, 6) is -0.0457. The number of halogens is 3. The molecule has 0 spiro atoms. The van der Waals surface area contributed by atoms with Gasteiger partial charge in [-0.3, -0.25) is 4.98 Å². The Morgan fingerprint density at radius 3 is 2.63 bits per heavy atom. The monoisotopic (exact) mass is 389 g/mol. The molecule has 1 atom stereocenters. The molecule has 8 heteroatoms. The van der Waals surface area contributed by atoms with Crippen molar-refractivity contribution < 1.29 is 18.6 Å². The highest BCUT2D eigenvalue weighted by molar-refractivity contribution is 6.30. The number of nitrogens with zero attached hydrogens (tertiary/aromatic N) is 2. The van der Waals surface area contributed by atoms with E-state index in [4.69, 9.17) is 11.6 Å². The van der Waals surface area contributed by atoms with Crippen molar-refractivity contribution >= 4 is 28.2 Å². The van der Waals surface area contributed by atoms with E-state index in [0.717, 1.165) is 0 Å². The fourth-order valence-corrected chi connectivity index (χ4v) is 2.75. The zero-order valence-electron chi connectivity index (χ0n) is 13.9. The van der Waals surface area contributed by atoms with Crippen LogP contribution in [0.4, 0.5) is 14.5 Å². The lowest BCUT2D eigenvalue weighted by Gasteiger charge is -2.16. The zero-order valence-corrected chi connectivity index (χ0v) is 14.6. The van der Waals surface area contributed by atoms with Crippen molar-refractivity contribution in [3.63, 3.8) is 0 Å². The van der Waals surface area contributed by atoms with E-state index >= 15 is 0 Å². The number of rotatable bonds is 6. The topological polar surface area (TPSA) is 78.2 Å². The van der Waals surface area contributed by atoms with E-state index in [2.05, 4.69) is 15.0 Å². The van der Waals surface area contributed by atoms with Gasteiger partial charge < -0.3 is 15.2 Å². The second kappa shape index (κ2) is 8.16. The van der Waals surface area contributed by atoms with Gasteiger partial charge in [-0.2, -0.15) is 14.0 Å². The van der Waals surface area contributed by atoms with Crippen LogP contribution in [-0.4, -0.2) is 23.2 Å². The van der Waals surface area contributed by atoms with Crippen molar-refractivity contribution in [2.45, 2.75) is 12.7 Å². The second-order valence-corrected chi connectivity index (χ2v) is 6.10. The number of benzene rings is 2. The Bertz CT molecular complexity index is 991. The molecule has 0 fully saturated rings. The number of alkyl halides is 2. The molecule has 1 unspecified atom stereocenters. The summed E-state index contributed by atoms with van der Waals surface area (Å²) < 4.78 is 29.4. The molecule has 1 aromatic heterocycles. The van der Waals surface area contributed by atoms with Crippen LogP contribution in [0.1, 0.15) is 17.2 Å². The molecule has 3 aromatic rings. The third-order valence-electron chi connectivity index (χ3n) is 3.91. The van der Waals surface area contributed by atoms with Gasteiger partial charge in [-0.25, -0.2) is 0 Å². The molecular formula is C19H14ClF2N3O2. The van der Waals surface area contributed by atoms with Gasteiger partial charge in [0.2, 0.25) is 0 Å². The van der Waals surface area contributed by atoms with Gasteiger partial charge in [0.05, 0.1) is 22.9 Å². The third kappa shape index (κ3) is 4.42. The first-order chi connectivity index (χ1) is 13.0. The van der Waals surface area contributed by atoms with Crippen LogP contribution >= 0.6 is 11.6 Å². The number of nitriles is 1. The lowest BCUT2D eigenvalue weighted by molar-refractivity contribution is -0.0497. The highest BCUT2D eigenvalue weighted by Gasteiger charge is 2.14. The summed E-state index contributed by atoms with van der Waals surface area (Å²) in [6.07, 6.45) is 0.519. The minimum Gasteiger partial charge on any atom is -0.435 e. The molecule has 0 aliphatic heterocycles. The fourth-order valence-electron chi connectivity index (χ4n) is 2.62. The average molecular weight is 390 g/mol. The van der Waals surface area contributed by atoms with E-state index in [0.29, 0.717) is 27.2 Å². The van der Waals surface area contributed by atoms with Crippen LogP contribution in [0.2, 0.25) is 5.02 Å². The lowest BCUT2D eigenvalue weighted by atomic mass is 10.1. The molecule has 0 amide bonds. The maximum absolute atomic E-state index is 12.5. The lowest BCUT2D eigenvalue weighted by Crippen LogP contribution is -2.13. The Morgan fingerprint density at radius 2 is 1.96 bits per heavy atom. The minimum atomic E-state index is -2.96. The quantitative estimate of drug-likeness (QED) is 0.648. The molecule has 27 heavy (non-hydrogen) atoms. The number of hydrogen-bond acceptors (Lipinski definition) is 5. The number of pyridine rings is 1. The summed E-state index contributed by atoms with van der Waals surface area (Å²) in [6.45, 7) is -2.87. The highest BCUT2D eigenvalue weighted by atomic mass is 35.5. The summed E-state index contributed by atoms with van der Waals surface area (Å²) in [5.41, 5.74) is 1.75. The van der Waals surface area contributed by atoms with Crippen molar-refractivity contribution in [1.82, 2.24) is 4.98 Å². The maximum Gasteiger partial charge on any atom is 0.387 e. The Balaban J connectivity index is 1.91. The molecule has 0 bridgehead atoms. The summed E-state index contributed by atoms with van der Waals surface area (Å²) in [7, 11) is 0. The van der Waals surface area contributed by atoms with Gasteiger partial charge in [-0.15, -0.1) is 0 Å². The van der Waals surface area contributed by atoms with Crippen LogP contribution in [0.25, 0.3) is 10.9 Å². The first-order valence-electron chi connectivity index (χ1n) is 7.93. The Kier molecular flexibility index (Phi) is 5.69. The van der Waals surface area contributed by atoms with Gasteiger partial charge in [0.25, 0.3) is 0 Å². The first kappa shape index (κ1) is 18.8. The molecule has 3 rings (SSSR count). The van der Waals surface area contributed by atoms with Crippen molar-refractivity contribution in [1.29, 1.82) is 5.26 Å². The van der Waals surface area contributed by atoms with Crippen LogP contribution in [0, 0.1) is 11.3 Å². The van der Waals surface area contributed by atoms with Gasteiger partial charge >= 0.3 is 6.61 Å². The van der Waals surface area contributed by atoms with Crippen LogP contribution in [0.15, 0.2) is 48.7 Å². The summed E-state index contributed by atoms with van der Waals surface area (Å²) in [6, 6.07) is 13.0. The number of anilines is 1.